The molecule has 1 rings (SSSR count). The van der Waals surface area contributed by atoms with Crippen LogP contribution in [0.25, 0.3) is 0 Å². The van der Waals surface area contributed by atoms with Crippen LogP contribution in [0.3, 0.4) is 0 Å². The summed E-state index contributed by atoms with van der Waals surface area (Å²) in [6, 6.07) is 1.23. The molecule has 1 aromatic rings. The van der Waals surface area contributed by atoms with Gasteiger partial charge in [0.05, 0.1) is 0 Å². The first-order valence-corrected chi connectivity index (χ1v) is 9.31. The van der Waals surface area contributed by atoms with E-state index in [0.29, 0.717) is 6.73 Å². The van der Waals surface area contributed by atoms with Crippen molar-refractivity contribution in [3.63, 3.8) is 0 Å². The number of aromatic nitrogens is 2. The molecule has 1 heterocycles. The molecule has 1 aromatic heterocycles. The monoisotopic (exact) mass is 226 g/mol. The maximum Gasteiger partial charge on any atom is 0.123 e. The number of imidazole rings is 1. The lowest BCUT2D eigenvalue weighted by molar-refractivity contribution is 0.0852. The summed E-state index contributed by atoms with van der Waals surface area (Å²) in [6.07, 6.45) is 4.78. The summed E-state index contributed by atoms with van der Waals surface area (Å²) in [5, 5.41) is 0. The third-order valence-electron chi connectivity index (χ3n) is 2.34. The van der Waals surface area contributed by atoms with Crippen LogP contribution in [0, 0.1) is 0 Å². The van der Waals surface area contributed by atoms with Crippen molar-refractivity contribution in [3.05, 3.63) is 18.2 Å². The predicted molar refractivity (Wildman–Crippen MR) is 65.7 cm³/mol. The molecule has 0 saturated heterocycles. The van der Waals surface area contributed by atoms with Crippen LogP contribution in [0.2, 0.25) is 25.7 Å². The number of ether oxygens (including phenoxy) is 1. The van der Waals surface area contributed by atoms with Crippen LogP contribution in [0.1, 0.15) is 12.7 Å². The van der Waals surface area contributed by atoms with E-state index < -0.39 is 8.07 Å². The lowest BCUT2D eigenvalue weighted by Gasteiger charge is -2.15. The molecule has 0 aliphatic carbocycles. The fourth-order valence-electron chi connectivity index (χ4n) is 1.31. The minimum absolute atomic E-state index is 0.646. The molecule has 0 aliphatic rings. The summed E-state index contributed by atoms with van der Waals surface area (Å²) < 4.78 is 7.73. The average Bonchev–Trinajstić information content (AvgIpc) is 2.58. The molecule has 3 nitrogen and oxygen atoms in total. The van der Waals surface area contributed by atoms with Gasteiger partial charge in [-0.2, -0.15) is 0 Å². The van der Waals surface area contributed by atoms with Gasteiger partial charge in [-0.05, 0) is 6.04 Å². The first-order valence-electron chi connectivity index (χ1n) is 5.60. The normalized spacial score (nSPS) is 12.0. The zero-order valence-corrected chi connectivity index (χ0v) is 11.3. The smallest absolute Gasteiger partial charge is 0.123 e. The molecule has 0 bridgehead atoms. The third kappa shape index (κ3) is 4.62. The highest BCUT2D eigenvalue weighted by Gasteiger charge is 2.12. The lowest BCUT2D eigenvalue weighted by Crippen LogP contribution is -2.22. The van der Waals surface area contributed by atoms with E-state index in [1.54, 1.807) is 0 Å². The Balaban J connectivity index is 2.26. The fourth-order valence-corrected chi connectivity index (χ4v) is 2.07. The van der Waals surface area contributed by atoms with Gasteiger partial charge in [-0.1, -0.05) is 26.6 Å². The van der Waals surface area contributed by atoms with Crippen LogP contribution in [0.4, 0.5) is 0 Å². The maximum atomic E-state index is 5.65. The Kier molecular flexibility index (Phi) is 4.54. The van der Waals surface area contributed by atoms with Gasteiger partial charge in [0.2, 0.25) is 0 Å². The van der Waals surface area contributed by atoms with Gasteiger partial charge in [0, 0.05) is 33.5 Å². The highest BCUT2D eigenvalue weighted by atomic mass is 28.3. The van der Waals surface area contributed by atoms with E-state index in [9.17, 15) is 0 Å². The van der Waals surface area contributed by atoms with Crippen LogP contribution in [0.15, 0.2) is 12.4 Å². The summed E-state index contributed by atoms with van der Waals surface area (Å²) in [5.41, 5.74) is 0. The number of hydrogen-bond donors (Lipinski definition) is 0. The van der Waals surface area contributed by atoms with Crippen LogP contribution in [-0.4, -0.2) is 24.2 Å². The third-order valence-corrected chi connectivity index (χ3v) is 4.05. The zero-order chi connectivity index (χ0) is 11.3. The van der Waals surface area contributed by atoms with Crippen molar-refractivity contribution in [2.45, 2.75) is 45.8 Å². The van der Waals surface area contributed by atoms with E-state index in [1.807, 2.05) is 12.4 Å². The Morgan fingerprint density at radius 3 is 2.73 bits per heavy atom. The molecule has 0 aliphatic heterocycles. The van der Waals surface area contributed by atoms with Crippen LogP contribution < -0.4 is 0 Å². The Morgan fingerprint density at radius 1 is 1.40 bits per heavy atom. The molecule has 0 aromatic carbocycles. The topological polar surface area (TPSA) is 27.1 Å². The van der Waals surface area contributed by atoms with Crippen LogP contribution in [-0.2, 0) is 17.9 Å². The van der Waals surface area contributed by atoms with Crippen molar-refractivity contribution in [1.29, 1.82) is 0 Å². The number of nitrogens with zero attached hydrogens (tertiary/aromatic N) is 2. The second-order valence-electron chi connectivity index (χ2n) is 5.01. The summed E-state index contributed by atoms with van der Waals surface area (Å²) in [6.45, 7) is 10.7. The molecule has 0 N–H and O–H groups in total. The second-order valence-corrected chi connectivity index (χ2v) is 10.6. The maximum absolute atomic E-state index is 5.65. The lowest BCUT2D eigenvalue weighted by atomic mass is 10.5. The standard InChI is InChI=1S/C11H22N2OSi/c1-5-11-12-6-7-13(11)10-14-8-9-15(2,3)4/h6-7H,5,8-10H2,1-4H3. The summed E-state index contributed by atoms with van der Waals surface area (Å²) in [5.74, 6) is 1.10. The van der Waals surface area contributed by atoms with Gasteiger partial charge in [-0.25, -0.2) is 4.98 Å². The van der Waals surface area contributed by atoms with Gasteiger partial charge in [-0.3, -0.25) is 0 Å². The summed E-state index contributed by atoms with van der Waals surface area (Å²) in [4.78, 5) is 4.25. The highest BCUT2D eigenvalue weighted by molar-refractivity contribution is 6.76. The van der Waals surface area contributed by atoms with Crippen molar-refractivity contribution >= 4 is 8.07 Å². The van der Waals surface area contributed by atoms with E-state index >= 15 is 0 Å². The quantitative estimate of drug-likeness (QED) is 0.551. The number of rotatable bonds is 6. The van der Waals surface area contributed by atoms with E-state index in [4.69, 9.17) is 4.74 Å². The molecule has 15 heavy (non-hydrogen) atoms. The molecular weight excluding hydrogens is 204 g/mol. The first-order chi connectivity index (χ1) is 7.03. The van der Waals surface area contributed by atoms with E-state index in [2.05, 4.69) is 36.1 Å². The zero-order valence-electron chi connectivity index (χ0n) is 10.3. The molecular formula is C11H22N2OSi. The van der Waals surface area contributed by atoms with Gasteiger partial charge >= 0.3 is 0 Å². The van der Waals surface area contributed by atoms with Crippen molar-refractivity contribution in [1.82, 2.24) is 9.55 Å². The number of hydrogen-bond acceptors (Lipinski definition) is 2. The highest BCUT2D eigenvalue weighted by Crippen LogP contribution is 2.08. The molecule has 0 unspecified atom stereocenters. The van der Waals surface area contributed by atoms with Crippen molar-refractivity contribution in [3.8, 4) is 0 Å². The minimum atomic E-state index is -0.951. The second kappa shape index (κ2) is 5.46. The Morgan fingerprint density at radius 2 is 2.13 bits per heavy atom. The van der Waals surface area contributed by atoms with E-state index in [0.717, 1.165) is 18.9 Å². The predicted octanol–water partition coefficient (Wildman–Crippen LogP) is 2.76. The van der Waals surface area contributed by atoms with E-state index in [-0.39, 0.29) is 0 Å². The van der Waals surface area contributed by atoms with Gasteiger partial charge < -0.3 is 9.30 Å². The van der Waals surface area contributed by atoms with Crippen LogP contribution >= 0.6 is 0 Å². The van der Waals surface area contributed by atoms with Gasteiger partial charge in [-0.15, -0.1) is 0 Å². The molecule has 0 atom stereocenters. The fraction of sp³-hybridized carbons (Fsp3) is 0.727. The minimum Gasteiger partial charge on any atom is -0.361 e. The van der Waals surface area contributed by atoms with Crippen molar-refractivity contribution in [2.24, 2.45) is 0 Å². The molecule has 0 fully saturated rings. The van der Waals surface area contributed by atoms with Crippen molar-refractivity contribution < 1.29 is 4.74 Å². The molecule has 0 amide bonds. The molecule has 0 spiro atoms. The molecule has 0 saturated carbocycles. The van der Waals surface area contributed by atoms with Gasteiger partial charge in [0.15, 0.2) is 0 Å². The largest absolute Gasteiger partial charge is 0.361 e. The Labute approximate surface area is 93.5 Å². The van der Waals surface area contributed by atoms with Crippen LogP contribution in [0.5, 0.6) is 0 Å². The molecule has 4 heteroatoms. The Hall–Kier alpha value is -0.613. The molecule has 0 radical (unpaired) electrons. The van der Waals surface area contributed by atoms with Crippen molar-refractivity contribution in [2.75, 3.05) is 6.61 Å². The van der Waals surface area contributed by atoms with Gasteiger partial charge in [0.25, 0.3) is 0 Å². The number of aryl methyl sites for hydroxylation is 1. The summed E-state index contributed by atoms with van der Waals surface area (Å²) in [7, 11) is -0.951. The Bertz CT molecular complexity index is 291. The average molecular weight is 226 g/mol. The first kappa shape index (κ1) is 12.5. The SMILES string of the molecule is CCc1nccn1COCC[Si](C)(C)C. The summed E-state index contributed by atoms with van der Waals surface area (Å²) >= 11 is 0. The molecule has 86 valence electrons. The van der Waals surface area contributed by atoms with E-state index in [1.165, 1.54) is 6.04 Å². The van der Waals surface area contributed by atoms with Gasteiger partial charge in [0.1, 0.15) is 12.6 Å².